The first-order valence-electron chi connectivity index (χ1n) is 8.13. The van der Waals surface area contributed by atoms with Crippen LogP contribution in [0.4, 0.5) is 0 Å². The van der Waals surface area contributed by atoms with Crippen molar-refractivity contribution < 1.29 is 28.5 Å². The molecule has 0 aliphatic carbocycles. The van der Waals surface area contributed by atoms with Crippen LogP contribution in [-0.2, 0) is 16.1 Å². The predicted molar refractivity (Wildman–Crippen MR) is 92.6 cm³/mol. The maximum Gasteiger partial charge on any atom is 0.325 e. The predicted octanol–water partition coefficient (Wildman–Crippen LogP) is 1.94. The van der Waals surface area contributed by atoms with Gasteiger partial charge in [0.25, 0.3) is 5.91 Å². The highest BCUT2D eigenvalue weighted by atomic mass is 16.6. The molecular formula is C19H19NO6. The van der Waals surface area contributed by atoms with Gasteiger partial charge in [-0.1, -0.05) is 30.3 Å². The molecule has 2 aromatic rings. The van der Waals surface area contributed by atoms with Gasteiger partial charge < -0.3 is 24.3 Å². The topological polar surface area (TPSA) is 83.1 Å². The van der Waals surface area contributed by atoms with Crippen LogP contribution < -0.4 is 19.5 Å². The Balaban J connectivity index is 1.57. The summed E-state index contributed by atoms with van der Waals surface area (Å²) in [6.45, 7) is 0.741. The average molecular weight is 357 g/mol. The highest BCUT2D eigenvalue weighted by Gasteiger charge is 2.21. The van der Waals surface area contributed by atoms with E-state index < -0.39 is 11.9 Å². The second-order valence-corrected chi connectivity index (χ2v) is 5.53. The number of fused-ring (bicyclic) bond motifs is 1. The van der Waals surface area contributed by atoms with Crippen molar-refractivity contribution in [3.05, 3.63) is 53.6 Å². The van der Waals surface area contributed by atoms with E-state index in [2.05, 4.69) is 5.32 Å². The Labute approximate surface area is 150 Å². The first-order chi connectivity index (χ1) is 12.7. The summed E-state index contributed by atoms with van der Waals surface area (Å²) in [6, 6.07) is 12.4. The van der Waals surface area contributed by atoms with Gasteiger partial charge >= 0.3 is 5.97 Å². The Morgan fingerprint density at radius 2 is 1.88 bits per heavy atom. The Morgan fingerprint density at radius 1 is 1.12 bits per heavy atom. The largest absolute Gasteiger partial charge is 0.493 e. The van der Waals surface area contributed by atoms with Gasteiger partial charge in [0.1, 0.15) is 26.4 Å². The molecule has 7 nitrogen and oxygen atoms in total. The van der Waals surface area contributed by atoms with E-state index in [0.717, 1.165) is 5.56 Å². The van der Waals surface area contributed by atoms with Crippen LogP contribution in [-0.4, -0.2) is 38.7 Å². The number of carbonyl (C=O) groups is 2. The highest BCUT2D eigenvalue weighted by molar-refractivity contribution is 5.97. The minimum Gasteiger partial charge on any atom is -0.493 e. The van der Waals surface area contributed by atoms with Gasteiger partial charge in [-0.2, -0.15) is 0 Å². The van der Waals surface area contributed by atoms with E-state index in [1.165, 1.54) is 13.2 Å². The van der Waals surface area contributed by atoms with Gasteiger partial charge in [0.15, 0.2) is 11.5 Å². The van der Waals surface area contributed by atoms with Crippen LogP contribution in [0.25, 0.3) is 0 Å². The molecule has 1 aliphatic heterocycles. The van der Waals surface area contributed by atoms with Crippen molar-refractivity contribution in [2.75, 3.05) is 26.9 Å². The van der Waals surface area contributed by atoms with E-state index in [-0.39, 0.29) is 13.2 Å². The summed E-state index contributed by atoms with van der Waals surface area (Å²) < 4.78 is 21.4. The molecule has 0 radical (unpaired) electrons. The number of rotatable bonds is 6. The molecule has 0 saturated heterocycles. The van der Waals surface area contributed by atoms with Crippen LogP contribution in [0.1, 0.15) is 15.9 Å². The number of hydrogen-bond acceptors (Lipinski definition) is 6. The van der Waals surface area contributed by atoms with Gasteiger partial charge in [-0.15, -0.1) is 0 Å². The van der Waals surface area contributed by atoms with Crippen LogP contribution in [0.2, 0.25) is 0 Å². The minimum atomic E-state index is -0.522. The second-order valence-electron chi connectivity index (χ2n) is 5.53. The van der Waals surface area contributed by atoms with E-state index >= 15 is 0 Å². The number of esters is 1. The standard InChI is InChI=1S/C19H19NO6/c1-23-15-9-14(10-16-18(15)25-8-7-24-16)19(22)20-11-17(21)26-12-13-5-3-2-4-6-13/h2-6,9-10H,7-8,11-12H2,1H3,(H,20,22). The van der Waals surface area contributed by atoms with Gasteiger partial charge in [-0.25, -0.2) is 0 Å². The average Bonchev–Trinajstić information content (AvgIpc) is 2.70. The van der Waals surface area contributed by atoms with Gasteiger partial charge in [0.05, 0.1) is 7.11 Å². The number of nitrogens with one attached hydrogen (secondary N) is 1. The zero-order chi connectivity index (χ0) is 18.4. The molecule has 1 heterocycles. The molecule has 1 amide bonds. The molecule has 1 N–H and O–H groups in total. The summed E-state index contributed by atoms with van der Waals surface area (Å²) in [6.07, 6.45) is 0. The molecule has 0 bridgehead atoms. The van der Waals surface area contributed by atoms with Crippen LogP contribution in [0.5, 0.6) is 17.2 Å². The summed E-state index contributed by atoms with van der Waals surface area (Å²) in [4.78, 5) is 24.1. The lowest BCUT2D eigenvalue weighted by Gasteiger charge is -2.21. The molecule has 3 rings (SSSR count). The smallest absolute Gasteiger partial charge is 0.325 e. The van der Waals surface area contributed by atoms with E-state index in [9.17, 15) is 9.59 Å². The van der Waals surface area contributed by atoms with E-state index in [4.69, 9.17) is 18.9 Å². The number of carbonyl (C=O) groups excluding carboxylic acids is 2. The van der Waals surface area contributed by atoms with Crippen molar-refractivity contribution >= 4 is 11.9 Å². The maximum absolute atomic E-state index is 12.3. The third-order valence-corrected chi connectivity index (χ3v) is 3.73. The number of methoxy groups -OCH3 is 1. The lowest BCUT2D eigenvalue weighted by Crippen LogP contribution is -2.30. The van der Waals surface area contributed by atoms with Crippen molar-refractivity contribution in [3.63, 3.8) is 0 Å². The van der Waals surface area contributed by atoms with Gasteiger partial charge in [-0.05, 0) is 17.7 Å². The Bertz CT molecular complexity index is 773. The van der Waals surface area contributed by atoms with E-state index in [0.29, 0.717) is 36.0 Å². The molecule has 136 valence electrons. The SMILES string of the molecule is COc1cc(C(=O)NCC(=O)OCc2ccccc2)cc2c1OCCO2. The van der Waals surface area contributed by atoms with E-state index in [1.54, 1.807) is 6.07 Å². The van der Waals surface area contributed by atoms with Crippen molar-refractivity contribution in [2.45, 2.75) is 6.61 Å². The highest BCUT2D eigenvalue weighted by Crippen LogP contribution is 2.40. The lowest BCUT2D eigenvalue weighted by atomic mass is 10.1. The summed E-state index contributed by atoms with van der Waals surface area (Å²) >= 11 is 0. The number of benzene rings is 2. The number of hydrogen-bond donors (Lipinski definition) is 1. The quantitative estimate of drug-likeness (QED) is 0.796. The Hall–Kier alpha value is -3.22. The fourth-order valence-electron chi connectivity index (χ4n) is 2.45. The summed E-state index contributed by atoms with van der Waals surface area (Å²) in [5.74, 6) is 0.354. The summed E-state index contributed by atoms with van der Waals surface area (Å²) in [5.41, 5.74) is 1.19. The first-order valence-corrected chi connectivity index (χ1v) is 8.13. The van der Waals surface area contributed by atoms with Crippen molar-refractivity contribution in [2.24, 2.45) is 0 Å². The van der Waals surface area contributed by atoms with Crippen LogP contribution >= 0.6 is 0 Å². The Morgan fingerprint density at radius 3 is 2.65 bits per heavy atom. The van der Waals surface area contributed by atoms with Gasteiger partial charge in [0, 0.05) is 5.56 Å². The van der Waals surface area contributed by atoms with Crippen molar-refractivity contribution in [1.29, 1.82) is 0 Å². The fraction of sp³-hybridized carbons (Fsp3) is 0.263. The molecule has 0 spiro atoms. The molecule has 0 atom stereocenters. The summed E-state index contributed by atoms with van der Waals surface area (Å²) in [7, 11) is 1.48. The van der Waals surface area contributed by atoms with Crippen molar-refractivity contribution in [1.82, 2.24) is 5.32 Å². The normalized spacial score (nSPS) is 12.2. The molecule has 7 heteroatoms. The fourth-order valence-corrected chi connectivity index (χ4v) is 2.45. The molecule has 1 aliphatic rings. The molecule has 2 aromatic carbocycles. The third-order valence-electron chi connectivity index (χ3n) is 3.73. The summed E-state index contributed by atoms with van der Waals surface area (Å²) in [5, 5.41) is 2.53. The monoisotopic (exact) mass is 357 g/mol. The first kappa shape index (κ1) is 17.6. The molecule has 0 fully saturated rings. The van der Waals surface area contributed by atoms with Gasteiger partial charge in [-0.3, -0.25) is 9.59 Å². The maximum atomic E-state index is 12.3. The zero-order valence-corrected chi connectivity index (χ0v) is 14.3. The molecular weight excluding hydrogens is 338 g/mol. The third kappa shape index (κ3) is 4.24. The molecule has 26 heavy (non-hydrogen) atoms. The van der Waals surface area contributed by atoms with Crippen LogP contribution in [0.3, 0.4) is 0 Å². The van der Waals surface area contributed by atoms with Crippen LogP contribution in [0.15, 0.2) is 42.5 Å². The lowest BCUT2D eigenvalue weighted by molar-refractivity contribution is -0.143. The van der Waals surface area contributed by atoms with Gasteiger partial charge in [0.2, 0.25) is 5.75 Å². The van der Waals surface area contributed by atoms with Crippen LogP contribution in [0, 0.1) is 0 Å². The molecule has 0 saturated carbocycles. The molecule has 0 unspecified atom stereocenters. The van der Waals surface area contributed by atoms with Crippen molar-refractivity contribution in [3.8, 4) is 17.2 Å². The Kier molecular flexibility index (Phi) is 5.58. The minimum absolute atomic E-state index is 0.160. The molecule has 0 aromatic heterocycles. The van der Waals surface area contributed by atoms with E-state index in [1.807, 2.05) is 30.3 Å². The number of amides is 1. The number of ether oxygens (including phenoxy) is 4. The zero-order valence-electron chi connectivity index (χ0n) is 14.3. The second kappa shape index (κ2) is 8.24.